The molecule has 2 heteroatoms. The summed E-state index contributed by atoms with van der Waals surface area (Å²) in [7, 11) is 0. The molecule has 92 valence electrons. The van der Waals surface area contributed by atoms with E-state index in [1.54, 1.807) is 0 Å². The molecule has 2 aliphatic rings. The van der Waals surface area contributed by atoms with Crippen molar-refractivity contribution >= 4 is 5.69 Å². The Bertz CT molecular complexity index is 392. The van der Waals surface area contributed by atoms with E-state index in [0.717, 1.165) is 17.4 Å². The van der Waals surface area contributed by atoms with Crippen molar-refractivity contribution < 1.29 is 4.74 Å². The molecule has 1 aromatic rings. The Kier molecular flexibility index (Phi) is 2.96. The van der Waals surface area contributed by atoms with Crippen molar-refractivity contribution in [2.24, 2.45) is 0 Å². The lowest BCUT2D eigenvalue weighted by molar-refractivity contribution is 0.156. The molecule has 3 rings (SSSR count). The standard InChI is InChI=1S/C15H21NO/c16-14-9-8-12(11-6-7-11)10-15(14)17-13-4-2-1-3-5-13/h8-11,13H,1-7,16H2. The average Bonchev–Trinajstić information content (AvgIpc) is 3.17. The van der Waals surface area contributed by atoms with E-state index in [2.05, 4.69) is 12.1 Å². The van der Waals surface area contributed by atoms with Crippen molar-refractivity contribution in [3.8, 4) is 5.75 Å². The molecule has 17 heavy (non-hydrogen) atoms. The van der Waals surface area contributed by atoms with Crippen molar-refractivity contribution in [3.05, 3.63) is 23.8 Å². The first-order valence-electron chi connectivity index (χ1n) is 6.89. The molecule has 2 nitrogen and oxygen atoms in total. The minimum Gasteiger partial charge on any atom is -0.488 e. The van der Waals surface area contributed by atoms with Gasteiger partial charge in [-0.15, -0.1) is 0 Å². The van der Waals surface area contributed by atoms with Crippen molar-refractivity contribution in [2.45, 2.75) is 57.0 Å². The number of rotatable bonds is 3. The number of ether oxygens (including phenoxy) is 1. The van der Waals surface area contributed by atoms with Gasteiger partial charge in [-0.2, -0.15) is 0 Å². The molecule has 0 amide bonds. The van der Waals surface area contributed by atoms with E-state index in [4.69, 9.17) is 10.5 Å². The third-order valence-corrected chi connectivity index (χ3v) is 3.93. The Morgan fingerprint density at radius 1 is 1.00 bits per heavy atom. The van der Waals surface area contributed by atoms with E-state index in [9.17, 15) is 0 Å². The molecule has 0 aliphatic heterocycles. The molecular weight excluding hydrogens is 210 g/mol. The molecule has 2 N–H and O–H groups in total. The predicted octanol–water partition coefficient (Wildman–Crippen LogP) is 3.86. The summed E-state index contributed by atoms with van der Waals surface area (Å²) in [6.45, 7) is 0. The van der Waals surface area contributed by atoms with Crippen LogP contribution in [0.2, 0.25) is 0 Å². The summed E-state index contributed by atoms with van der Waals surface area (Å²) in [4.78, 5) is 0. The second kappa shape index (κ2) is 4.59. The quantitative estimate of drug-likeness (QED) is 0.802. The summed E-state index contributed by atoms with van der Waals surface area (Å²) >= 11 is 0. The minimum absolute atomic E-state index is 0.389. The summed E-state index contributed by atoms with van der Waals surface area (Å²) in [5, 5.41) is 0. The fraction of sp³-hybridized carbons (Fsp3) is 0.600. The molecule has 0 spiro atoms. The molecule has 0 heterocycles. The molecule has 2 aliphatic carbocycles. The number of nitrogen functional groups attached to an aromatic ring is 1. The zero-order valence-corrected chi connectivity index (χ0v) is 10.3. The van der Waals surface area contributed by atoms with Crippen LogP contribution in [0.15, 0.2) is 18.2 Å². The smallest absolute Gasteiger partial charge is 0.142 e. The van der Waals surface area contributed by atoms with E-state index in [1.807, 2.05) is 6.07 Å². The molecule has 0 aromatic heterocycles. The van der Waals surface area contributed by atoms with Gasteiger partial charge in [-0.3, -0.25) is 0 Å². The van der Waals surface area contributed by atoms with Gasteiger partial charge < -0.3 is 10.5 Å². The van der Waals surface area contributed by atoms with E-state index in [-0.39, 0.29) is 0 Å². The molecule has 0 atom stereocenters. The molecule has 2 fully saturated rings. The lowest BCUT2D eigenvalue weighted by Gasteiger charge is -2.24. The molecule has 0 unspecified atom stereocenters. The molecule has 0 radical (unpaired) electrons. The van der Waals surface area contributed by atoms with Crippen LogP contribution in [0.25, 0.3) is 0 Å². The topological polar surface area (TPSA) is 35.2 Å². The predicted molar refractivity (Wildman–Crippen MR) is 70.3 cm³/mol. The maximum atomic E-state index is 6.08. The SMILES string of the molecule is Nc1ccc(C2CC2)cc1OC1CCCCC1. The van der Waals surface area contributed by atoms with Crippen LogP contribution in [-0.2, 0) is 0 Å². The van der Waals surface area contributed by atoms with Crippen molar-refractivity contribution in [2.75, 3.05) is 5.73 Å². The molecular formula is C15H21NO. The van der Waals surface area contributed by atoms with E-state index in [0.29, 0.717) is 6.10 Å². The van der Waals surface area contributed by atoms with Gasteiger partial charge in [0.15, 0.2) is 0 Å². The van der Waals surface area contributed by atoms with Gasteiger partial charge in [0.25, 0.3) is 0 Å². The average molecular weight is 231 g/mol. The van der Waals surface area contributed by atoms with Crippen molar-refractivity contribution in [1.29, 1.82) is 0 Å². The molecule has 2 saturated carbocycles. The number of benzene rings is 1. The number of hydrogen-bond acceptors (Lipinski definition) is 2. The monoisotopic (exact) mass is 231 g/mol. The Labute approximate surface area is 103 Å². The first kappa shape index (κ1) is 10.9. The maximum Gasteiger partial charge on any atom is 0.142 e. The van der Waals surface area contributed by atoms with E-state index < -0.39 is 0 Å². The van der Waals surface area contributed by atoms with Gasteiger partial charge in [-0.05, 0) is 62.1 Å². The van der Waals surface area contributed by atoms with E-state index >= 15 is 0 Å². The molecule has 0 saturated heterocycles. The van der Waals surface area contributed by atoms with Gasteiger partial charge in [-0.1, -0.05) is 12.5 Å². The van der Waals surface area contributed by atoms with Gasteiger partial charge in [0.05, 0.1) is 11.8 Å². The summed E-state index contributed by atoms with van der Waals surface area (Å²) in [6, 6.07) is 6.33. The van der Waals surface area contributed by atoms with E-state index in [1.165, 1.54) is 50.5 Å². The maximum absolute atomic E-state index is 6.08. The lowest BCUT2D eigenvalue weighted by atomic mass is 9.97. The minimum atomic E-state index is 0.389. The first-order chi connectivity index (χ1) is 8.33. The van der Waals surface area contributed by atoms with Crippen LogP contribution in [0.5, 0.6) is 5.75 Å². The fourth-order valence-corrected chi connectivity index (χ4v) is 2.69. The van der Waals surface area contributed by atoms with Gasteiger partial charge in [-0.25, -0.2) is 0 Å². The number of nitrogens with two attached hydrogens (primary N) is 1. The highest BCUT2D eigenvalue weighted by molar-refractivity contribution is 5.55. The van der Waals surface area contributed by atoms with Crippen LogP contribution < -0.4 is 10.5 Å². The van der Waals surface area contributed by atoms with Crippen molar-refractivity contribution in [3.63, 3.8) is 0 Å². The Morgan fingerprint density at radius 3 is 2.47 bits per heavy atom. The number of hydrogen-bond donors (Lipinski definition) is 1. The first-order valence-corrected chi connectivity index (χ1v) is 6.89. The molecule has 1 aromatic carbocycles. The van der Waals surface area contributed by atoms with Crippen LogP contribution in [0, 0.1) is 0 Å². The molecule has 0 bridgehead atoms. The summed E-state index contributed by atoms with van der Waals surface area (Å²) in [5.74, 6) is 1.69. The van der Waals surface area contributed by atoms with Gasteiger partial charge in [0.1, 0.15) is 5.75 Å². The highest BCUT2D eigenvalue weighted by Gasteiger charge is 2.24. The largest absolute Gasteiger partial charge is 0.488 e. The van der Waals surface area contributed by atoms with Crippen LogP contribution >= 0.6 is 0 Å². The lowest BCUT2D eigenvalue weighted by Crippen LogP contribution is -2.20. The van der Waals surface area contributed by atoms with Crippen LogP contribution in [0.1, 0.15) is 56.4 Å². The van der Waals surface area contributed by atoms with Crippen molar-refractivity contribution in [1.82, 2.24) is 0 Å². The Hall–Kier alpha value is -1.18. The van der Waals surface area contributed by atoms with Crippen LogP contribution in [-0.4, -0.2) is 6.10 Å². The van der Waals surface area contributed by atoms with Gasteiger partial charge in [0, 0.05) is 0 Å². The zero-order valence-electron chi connectivity index (χ0n) is 10.3. The Morgan fingerprint density at radius 2 is 1.76 bits per heavy atom. The summed E-state index contributed by atoms with van der Waals surface area (Å²) < 4.78 is 6.08. The van der Waals surface area contributed by atoms with Gasteiger partial charge >= 0.3 is 0 Å². The fourth-order valence-electron chi connectivity index (χ4n) is 2.69. The van der Waals surface area contributed by atoms with Crippen LogP contribution in [0.3, 0.4) is 0 Å². The zero-order chi connectivity index (χ0) is 11.7. The highest BCUT2D eigenvalue weighted by Crippen LogP contribution is 2.42. The van der Waals surface area contributed by atoms with Crippen LogP contribution in [0.4, 0.5) is 5.69 Å². The normalized spacial score (nSPS) is 21.4. The summed E-state index contributed by atoms with van der Waals surface area (Å²) in [6.07, 6.45) is 9.37. The summed E-state index contributed by atoms with van der Waals surface area (Å²) in [5.41, 5.74) is 8.20. The van der Waals surface area contributed by atoms with Gasteiger partial charge in [0.2, 0.25) is 0 Å². The Balaban J connectivity index is 1.73. The number of anilines is 1. The highest BCUT2D eigenvalue weighted by atomic mass is 16.5. The second-order valence-electron chi connectivity index (χ2n) is 5.45. The third kappa shape index (κ3) is 2.56. The third-order valence-electron chi connectivity index (χ3n) is 3.93. The second-order valence-corrected chi connectivity index (χ2v) is 5.45.